The van der Waals surface area contributed by atoms with Crippen molar-refractivity contribution in [2.45, 2.75) is 6.42 Å². The number of rotatable bonds is 4. The molecule has 18 heavy (non-hydrogen) atoms. The maximum absolute atomic E-state index is 11.7. The molecular formula is C13H12N2O3. The lowest BCUT2D eigenvalue weighted by atomic mass is 10.0. The minimum absolute atomic E-state index is 0.397. The number of hydrogen-bond acceptors (Lipinski definition) is 3. The zero-order chi connectivity index (χ0) is 13.1. The van der Waals surface area contributed by atoms with Gasteiger partial charge in [-0.3, -0.25) is 14.3 Å². The van der Waals surface area contributed by atoms with Gasteiger partial charge in [-0.1, -0.05) is 18.2 Å². The van der Waals surface area contributed by atoms with Crippen LogP contribution in [0.25, 0.3) is 11.3 Å². The van der Waals surface area contributed by atoms with Crippen LogP contribution in [0, 0.1) is 0 Å². The summed E-state index contributed by atoms with van der Waals surface area (Å²) in [7, 11) is 1.81. The highest BCUT2D eigenvalue weighted by atomic mass is 16.4. The highest BCUT2D eigenvalue weighted by molar-refractivity contribution is 6.06. The molecule has 0 amide bonds. The summed E-state index contributed by atoms with van der Waals surface area (Å²) in [5.74, 6) is -1.52. The summed E-state index contributed by atoms with van der Waals surface area (Å²) in [6.45, 7) is 0. The first-order valence-electron chi connectivity index (χ1n) is 5.41. The standard InChI is InChI=1S/C13H12N2O3/c1-15-11(5-6-14-15)9-3-2-4-10(7-9)12(16)8-13(17)18/h2-7H,8H2,1H3,(H,17,18). The van der Waals surface area contributed by atoms with E-state index >= 15 is 0 Å². The van der Waals surface area contributed by atoms with Gasteiger partial charge >= 0.3 is 5.97 Å². The van der Waals surface area contributed by atoms with E-state index in [1.807, 2.05) is 12.1 Å². The molecule has 0 radical (unpaired) electrons. The Labute approximate surface area is 104 Å². The van der Waals surface area contributed by atoms with E-state index in [2.05, 4.69) is 5.10 Å². The third-order valence-corrected chi connectivity index (χ3v) is 2.61. The second kappa shape index (κ2) is 4.83. The summed E-state index contributed by atoms with van der Waals surface area (Å²) < 4.78 is 1.70. The maximum Gasteiger partial charge on any atom is 0.311 e. The summed E-state index contributed by atoms with van der Waals surface area (Å²) in [4.78, 5) is 22.2. The van der Waals surface area contributed by atoms with E-state index in [4.69, 9.17) is 5.11 Å². The van der Waals surface area contributed by atoms with Gasteiger partial charge in [0.25, 0.3) is 0 Å². The van der Waals surface area contributed by atoms with Crippen LogP contribution in [0.3, 0.4) is 0 Å². The van der Waals surface area contributed by atoms with Crippen LogP contribution in [0.5, 0.6) is 0 Å². The summed E-state index contributed by atoms with van der Waals surface area (Å²) in [5, 5.41) is 12.7. The number of aromatic nitrogens is 2. The highest BCUT2D eigenvalue weighted by Gasteiger charge is 2.12. The normalized spacial score (nSPS) is 10.3. The van der Waals surface area contributed by atoms with Crippen LogP contribution >= 0.6 is 0 Å². The lowest BCUT2D eigenvalue weighted by Crippen LogP contribution is -2.07. The molecule has 0 aliphatic rings. The number of Topliss-reactive ketones (excluding diaryl/α,β-unsaturated/α-hetero) is 1. The van der Waals surface area contributed by atoms with Crippen molar-refractivity contribution in [1.29, 1.82) is 0 Å². The molecule has 1 N–H and O–H groups in total. The fourth-order valence-corrected chi connectivity index (χ4v) is 1.75. The van der Waals surface area contributed by atoms with Gasteiger partial charge in [-0.05, 0) is 12.1 Å². The van der Waals surface area contributed by atoms with Crippen molar-refractivity contribution in [3.63, 3.8) is 0 Å². The molecule has 0 fully saturated rings. The number of carbonyl (C=O) groups excluding carboxylic acids is 1. The van der Waals surface area contributed by atoms with Gasteiger partial charge < -0.3 is 5.11 Å². The molecule has 0 saturated carbocycles. The molecule has 5 heteroatoms. The van der Waals surface area contributed by atoms with Gasteiger partial charge in [0.15, 0.2) is 5.78 Å². The van der Waals surface area contributed by atoms with Gasteiger partial charge in [-0.25, -0.2) is 0 Å². The van der Waals surface area contributed by atoms with E-state index in [0.717, 1.165) is 11.3 Å². The van der Waals surface area contributed by atoms with Crippen molar-refractivity contribution in [1.82, 2.24) is 9.78 Å². The molecule has 1 heterocycles. The molecule has 0 spiro atoms. The van der Waals surface area contributed by atoms with Gasteiger partial charge in [0.05, 0.1) is 5.69 Å². The van der Waals surface area contributed by atoms with Crippen LogP contribution in [0.15, 0.2) is 36.5 Å². The summed E-state index contributed by atoms with van der Waals surface area (Å²) in [5.41, 5.74) is 2.11. The Bertz CT molecular complexity index is 602. The molecule has 0 aliphatic heterocycles. The molecule has 92 valence electrons. The summed E-state index contributed by atoms with van der Waals surface area (Å²) >= 11 is 0. The largest absolute Gasteiger partial charge is 0.481 e. The number of carbonyl (C=O) groups is 2. The van der Waals surface area contributed by atoms with Crippen molar-refractivity contribution in [3.8, 4) is 11.3 Å². The van der Waals surface area contributed by atoms with E-state index in [9.17, 15) is 9.59 Å². The van der Waals surface area contributed by atoms with Crippen molar-refractivity contribution >= 4 is 11.8 Å². The molecular weight excluding hydrogens is 232 g/mol. The molecule has 2 rings (SSSR count). The SMILES string of the molecule is Cn1nccc1-c1cccc(C(=O)CC(=O)O)c1. The van der Waals surface area contributed by atoms with Gasteiger partial charge in [-0.2, -0.15) is 5.10 Å². The van der Waals surface area contributed by atoms with Crippen LogP contribution in [0.2, 0.25) is 0 Å². The average Bonchev–Trinajstić information content (AvgIpc) is 2.75. The number of hydrogen-bond donors (Lipinski definition) is 1. The topological polar surface area (TPSA) is 72.2 Å². The predicted octanol–water partition coefficient (Wildman–Crippen LogP) is 1.74. The first kappa shape index (κ1) is 12.0. The van der Waals surface area contributed by atoms with Crippen molar-refractivity contribution < 1.29 is 14.7 Å². The Morgan fingerprint density at radius 2 is 2.11 bits per heavy atom. The first-order valence-corrected chi connectivity index (χ1v) is 5.41. The first-order chi connectivity index (χ1) is 8.58. The van der Waals surface area contributed by atoms with Crippen molar-refractivity contribution in [2.24, 2.45) is 7.05 Å². The number of nitrogens with zero attached hydrogens (tertiary/aromatic N) is 2. The lowest BCUT2D eigenvalue weighted by molar-refractivity contribution is -0.135. The minimum Gasteiger partial charge on any atom is -0.481 e. The van der Waals surface area contributed by atoms with Crippen LogP contribution in [0.4, 0.5) is 0 Å². The monoisotopic (exact) mass is 244 g/mol. The number of ketones is 1. The van der Waals surface area contributed by atoms with E-state index in [0.29, 0.717) is 5.56 Å². The number of benzene rings is 1. The summed E-state index contributed by atoms with van der Waals surface area (Å²) in [6.07, 6.45) is 1.18. The van der Waals surface area contributed by atoms with E-state index in [-0.39, 0.29) is 0 Å². The molecule has 0 unspecified atom stereocenters. The molecule has 0 bridgehead atoms. The quantitative estimate of drug-likeness (QED) is 0.656. The molecule has 5 nitrogen and oxygen atoms in total. The maximum atomic E-state index is 11.7. The minimum atomic E-state index is -1.12. The summed E-state index contributed by atoms with van der Waals surface area (Å²) in [6, 6.07) is 8.72. The Balaban J connectivity index is 2.34. The molecule has 1 aromatic heterocycles. The third-order valence-electron chi connectivity index (χ3n) is 2.61. The van der Waals surface area contributed by atoms with E-state index < -0.39 is 18.2 Å². The molecule has 0 atom stereocenters. The molecule has 0 aliphatic carbocycles. The van der Waals surface area contributed by atoms with Gasteiger partial charge in [0.1, 0.15) is 6.42 Å². The van der Waals surface area contributed by atoms with Crippen LogP contribution in [-0.4, -0.2) is 26.6 Å². The van der Waals surface area contributed by atoms with E-state index in [1.165, 1.54) is 0 Å². The second-order valence-corrected chi connectivity index (χ2v) is 3.91. The fourth-order valence-electron chi connectivity index (χ4n) is 1.75. The zero-order valence-corrected chi connectivity index (χ0v) is 9.83. The van der Waals surface area contributed by atoms with Crippen LogP contribution in [0.1, 0.15) is 16.8 Å². The number of carboxylic acid groups (broad SMARTS) is 1. The van der Waals surface area contributed by atoms with E-state index in [1.54, 1.807) is 36.1 Å². The molecule has 2 aromatic rings. The van der Waals surface area contributed by atoms with Crippen molar-refractivity contribution in [3.05, 3.63) is 42.1 Å². The Kier molecular flexibility index (Phi) is 3.23. The Hall–Kier alpha value is -2.43. The van der Waals surface area contributed by atoms with Crippen molar-refractivity contribution in [2.75, 3.05) is 0 Å². The third kappa shape index (κ3) is 2.45. The molecule has 0 saturated heterocycles. The molecule has 1 aromatic carbocycles. The van der Waals surface area contributed by atoms with Gasteiger partial charge in [0, 0.05) is 24.4 Å². The number of aliphatic carboxylic acids is 1. The fraction of sp³-hybridized carbons (Fsp3) is 0.154. The van der Waals surface area contributed by atoms with Crippen LogP contribution in [-0.2, 0) is 11.8 Å². The second-order valence-electron chi connectivity index (χ2n) is 3.91. The Morgan fingerprint density at radius 1 is 1.33 bits per heavy atom. The Morgan fingerprint density at radius 3 is 2.72 bits per heavy atom. The smallest absolute Gasteiger partial charge is 0.311 e. The van der Waals surface area contributed by atoms with Crippen LogP contribution < -0.4 is 0 Å². The zero-order valence-electron chi connectivity index (χ0n) is 9.83. The lowest BCUT2D eigenvalue weighted by Gasteiger charge is -2.04. The highest BCUT2D eigenvalue weighted by Crippen LogP contribution is 2.20. The van der Waals surface area contributed by atoms with Gasteiger partial charge in [-0.15, -0.1) is 0 Å². The average molecular weight is 244 g/mol. The van der Waals surface area contributed by atoms with Gasteiger partial charge in [0.2, 0.25) is 0 Å². The predicted molar refractivity (Wildman–Crippen MR) is 65.2 cm³/mol. The number of aryl methyl sites for hydroxylation is 1. The number of carboxylic acids is 1.